The summed E-state index contributed by atoms with van der Waals surface area (Å²) in [6.45, 7) is 2.48. The molecule has 7 heteroatoms. The van der Waals surface area contributed by atoms with E-state index in [9.17, 15) is 4.79 Å². The summed E-state index contributed by atoms with van der Waals surface area (Å²) >= 11 is 4.66. The van der Waals surface area contributed by atoms with E-state index in [2.05, 4.69) is 26.5 Å². The van der Waals surface area contributed by atoms with Crippen molar-refractivity contribution in [1.29, 1.82) is 0 Å². The lowest BCUT2D eigenvalue weighted by Gasteiger charge is -2.09. The number of hydrazone groups is 1. The second-order valence-electron chi connectivity index (χ2n) is 4.15. The van der Waals surface area contributed by atoms with Crippen molar-refractivity contribution in [1.82, 2.24) is 5.43 Å². The van der Waals surface area contributed by atoms with Gasteiger partial charge in [-0.05, 0) is 58.7 Å². The zero-order chi connectivity index (χ0) is 15.9. The molecule has 5 nitrogen and oxygen atoms in total. The topological polar surface area (TPSA) is 59.9 Å². The molecule has 2 rings (SSSR count). The molecule has 2 aromatic rings. The first-order valence-electron chi connectivity index (χ1n) is 6.53. The molecule has 0 aliphatic heterocycles. The van der Waals surface area contributed by atoms with Crippen LogP contribution in [0.2, 0.25) is 0 Å². The SMILES string of the molecule is CCOc1ccc(/C=N/NC(=O)c2ccc(Br)s2)cc1OC. The molecular formula is C15H15BrN2O3S. The molecule has 1 heterocycles. The van der Waals surface area contributed by atoms with Crippen molar-refractivity contribution >= 4 is 39.4 Å². The van der Waals surface area contributed by atoms with E-state index in [0.29, 0.717) is 23.0 Å². The smallest absolute Gasteiger partial charge is 0.281 e. The number of rotatable bonds is 6. The summed E-state index contributed by atoms with van der Waals surface area (Å²) in [6, 6.07) is 9.00. The van der Waals surface area contributed by atoms with Gasteiger partial charge in [0.25, 0.3) is 5.91 Å². The quantitative estimate of drug-likeness (QED) is 0.612. The van der Waals surface area contributed by atoms with Gasteiger partial charge in [-0.2, -0.15) is 5.10 Å². The third-order valence-electron chi connectivity index (χ3n) is 2.66. The fourth-order valence-electron chi connectivity index (χ4n) is 1.70. The molecule has 1 amide bonds. The zero-order valence-electron chi connectivity index (χ0n) is 12.1. The average molecular weight is 383 g/mol. The lowest BCUT2D eigenvalue weighted by Crippen LogP contribution is -2.16. The van der Waals surface area contributed by atoms with Crippen molar-refractivity contribution in [3.8, 4) is 11.5 Å². The highest BCUT2D eigenvalue weighted by Gasteiger charge is 2.07. The molecule has 0 saturated heterocycles. The van der Waals surface area contributed by atoms with Gasteiger partial charge in [-0.1, -0.05) is 0 Å². The molecule has 0 spiro atoms. The Morgan fingerprint density at radius 3 is 2.82 bits per heavy atom. The molecule has 0 radical (unpaired) electrons. The van der Waals surface area contributed by atoms with Crippen molar-refractivity contribution in [3.05, 3.63) is 44.6 Å². The number of carbonyl (C=O) groups excluding carboxylic acids is 1. The molecule has 1 N–H and O–H groups in total. The van der Waals surface area contributed by atoms with Crippen molar-refractivity contribution < 1.29 is 14.3 Å². The fourth-order valence-corrected chi connectivity index (χ4v) is 2.97. The van der Waals surface area contributed by atoms with Gasteiger partial charge in [0.15, 0.2) is 11.5 Å². The number of hydrogen-bond donors (Lipinski definition) is 1. The molecule has 0 atom stereocenters. The summed E-state index contributed by atoms with van der Waals surface area (Å²) in [7, 11) is 1.58. The van der Waals surface area contributed by atoms with Gasteiger partial charge < -0.3 is 9.47 Å². The summed E-state index contributed by atoms with van der Waals surface area (Å²) in [4.78, 5) is 12.4. The molecule has 0 bridgehead atoms. The highest BCUT2D eigenvalue weighted by atomic mass is 79.9. The highest BCUT2D eigenvalue weighted by Crippen LogP contribution is 2.27. The third-order valence-corrected chi connectivity index (χ3v) is 4.29. The maximum atomic E-state index is 11.8. The molecule has 0 unspecified atom stereocenters. The predicted molar refractivity (Wildman–Crippen MR) is 91.2 cm³/mol. The van der Waals surface area contributed by atoms with Crippen LogP contribution in [0, 0.1) is 0 Å². The van der Waals surface area contributed by atoms with Gasteiger partial charge in [-0.15, -0.1) is 11.3 Å². The van der Waals surface area contributed by atoms with Gasteiger partial charge in [-0.3, -0.25) is 4.79 Å². The maximum absolute atomic E-state index is 11.8. The monoisotopic (exact) mass is 382 g/mol. The molecule has 116 valence electrons. The van der Waals surface area contributed by atoms with Gasteiger partial charge in [-0.25, -0.2) is 5.43 Å². The Hall–Kier alpha value is -1.86. The van der Waals surface area contributed by atoms with Gasteiger partial charge in [0.2, 0.25) is 0 Å². The van der Waals surface area contributed by atoms with Crippen LogP contribution in [0.3, 0.4) is 0 Å². The second kappa shape index (κ2) is 7.95. The Morgan fingerprint density at radius 1 is 1.36 bits per heavy atom. The van der Waals surface area contributed by atoms with Gasteiger partial charge in [0, 0.05) is 0 Å². The van der Waals surface area contributed by atoms with Crippen LogP contribution < -0.4 is 14.9 Å². The minimum absolute atomic E-state index is 0.246. The number of thiophene rings is 1. The normalized spacial score (nSPS) is 10.7. The number of hydrogen-bond acceptors (Lipinski definition) is 5. The highest BCUT2D eigenvalue weighted by molar-refractivity contribution is 9.11. The van der Waals surface area contributed by atoms with Crippen LogP contribution >= 0.6 is 27.3 Å². The lowest BCUT2D eigenvalue weighted by molar-refractivity contribution is 0.0959. The molecular weight excluding hydrogens is 368 g/mol. The van der Waals surface area contributed by atoms with Crippen molar-refractivity contribution in [3.63, 3.8) is 0 Å². The van der Waals surface area contributed by atoms with E-state index in [-0.39, 0.29) is 5.91 Å². The number of carbonyl (C=O) groups is 1. The number of nitrogens with zero attached hydrogens (tertiary/aromatic N) is 1. The van der Waals surface area contributed by atoms with Gasteiger partial charge >= 0.3 is 0 Å². The minimum Gasteiger partial charge on any atom is -0.493 e. The van der Waals surface area contributed by atoms with Crippen molar-refractivity contribution in [2.75, 3.05) is 13.7 Å². The van der Waals surface area contributed by atoms with E-state index < -0.39 is 0 Å². The third kappa shape index (κ3) is 4.32. The molecule has 0 aliphatic rings. The Bertz CT molecular complexity index is 685. The van der Waals surface area contributed by atoms with E-state index in [1.165, 1.54) is 11.3 Å². The summed E-state index contributed by atoms with van der Waals surface area (Å²) in [6.07, 6.45) is 1.55. The van der Waals surface area contributed by atoms with Crippen LogP contribution in [-0.2, 0) is 0 Å². The minimum atomic E-state index is -0.246. The van der Waals surface area contributed by atoms with Crippen molar-refractivity contribution in [2.24, 2.45) is 5.10 Å². The zero-order valence-corrected chi connectivity index (χ0v) is 14.5. The number of methoxy groups -OCH3 is 1. The number of halogens is 1. The number of amides is 1. The van der Waals surface area contributed by atoms with Crippen molar-refractivity contribution in [2.45, 2.75) is 6.92 Å². The van der Waals surface area contributed by atoms with E-state index >= 15 is 0 Å². The molecule has 1 aromatic carbocycles. The van der Waals surface area contributed by atoms with Gasteiger partial charge in [0.05, 0.1) is 28.6 Å². The number of nitrogens with one attached hydrogen (secondary N) is 1. The van der Waals surface area contributed by atoms with Crippen LogP contribution in [0.5, 0.6) is 11.5 Å². The first-order valence-corrected chi connectivity index (χ1v) is 8.14. The van der Waals surface area contributed by atoms with Crippen LogP contribution in [0.15, 0.2) is 39.2 Å². The maximum Gasteiger partial charge on any atom is 0.281 e. The van der Waals surface area contributed by atoms with E-state index in [1.54, 1.807) is 25.5 Å². The number of ether oxygens (including phenoxy) is 2. The lowest BCUT2D eigenvalue weighted by atomic mass is 10.2. The fraction of sp³-hybridized carbons (Fsp3) is 0.200. The average Bonchev–Trinajstić information content (AvgIpc) is 2.95. The first kappa shape index (κ1) is 16.5. The molecule has 0 aliphatic carbocycles. The summed E-state index contributed by atoms with van der Waals surface area (Å²) in [5, 5.41) is 3.95. The van der Waals surface area contributed by atoms with E-state index in [0.717, 1.165) is 9.35 Å². The van der Waals surface area contributed by atoms with Crippen LogP contribution in [0.25, 0.3) is 0 Å². The molecule has 0 saturated carbocycles. The largest absolute Gasteiger partial charge is 0.493 e. The van der Waals surface area contributed by atoms with Crippen LogP contribution in [0.4, 0.5) is 0 Å². The van der Waals surface area contributed by atoms with Gasteiger partial charge in [0.1, 0.15) is 0 Å². The molecule has 0 fully saturated rings. The van der Waals surface area contributed by atoms with E-state index in [1.807, 2.05) is 25.1 Å². The Labute approximate surface area is 141 Å². The van der Waals surface area contributed by atoms with Crippen LogP contribution in [-0.4, -0.2) is 25.8 Å². The predicted octanol–water partition coefficient (Wildman–Crippen LogP) is 3.68. The summed E-state index contributed by atoms with van der Waals surface area (Å²) in [5.41, 5.74) is 3.29. The standard InChI is InChI=1S/C15H15BrN2O3S/c1-3-21-11-5-4-10(8-12(11)20-2)9-17-18-15(19)13-6-7-14(16)22-13/h4-9H,3H2,1-2H3,(H,18,19)/b17-9+. The summed E-state index contributed by atoms with van der Waals surface area (Å²) < 4.78 is 11.6. The van der Waals surface area contributed by atoms with Crippen LogP contribution in [0.1, 0.15) is 22.2 Å². The first-order chi connectivity index (χ1) is 10.6. The molecule has 1 aromatic heterocycles. The molecule has 22 heavy (non-hydrogen) atoms. The van der Waals surface area contributed by atoms with E-state index in [4.69, 9.17) is 9.47 Å². The summed E-state index contributed by atoms with van der Waals surface area (Å²) in [5.74, 6) is 1.05. The second-order valence-corrected chi connectivity index (χ2v) is 6.61. The Balaban J connectivity index is 2.02. The number of benzene rings is 1. The Morgan fingerprint density at radius 2 is 2.18 bits per heavy atom. The Kier molecular flexibility index (Phi) is 5.97.